The van der Waals surface area contributed by atoms with Crippen LogP contribution in [0.25, 0.3) is 0 Å². The maximum atomic E-state index is 12.2. The molecule has 2 aliphatic rings. The lowest BCUT2D eigenvalue weighted by Gasteiger charge is -2.40. The van der Waals surface area contributed by atoms with Gasteiger partial charge < -0.3 is 15.0 Å². The van der Waals surface area contributed by atoms with Crippen molar-refractivity contribution in [2.45, 2.75) is 58.1 Å². The number of likely N-dealkylation sites (tertiary alicyclic amines) is 1. The number of rotatable bonds is 5. The normalized spacial score (nSPS) is 23.0. The Morgan fingerprint density at radius 3 is 2.43 bits per heavy atom. The number of amides is 1. The largest absolute Gasteiger partial charge is 0.446 e. The van der Waals surface area contributed by atoms with Crippen LogP contribution in [0.5, 0.6) is 0 Å². The first-order valence-corrected chi connectivity index (χ1v) is 8.64. The summed E-state index contributed by atoms with van der Waals surface area (Å²) in [5, 5.41) is 3.39. The summed E-state index contributed by atoms with van der Waals surface area (Å²) in [4.78, 5) is 16.7. The fourth-order valence-corrected chi connectivity index (χ4v) is 3.35. The molecule has 2 fully saturated rings. The van der Waals surface area contributed by atoms with E-state index in [0.29, 0.717) is 6.04 Å². The molecule has 0 bridgehead atoms. The van der Waals surface area contributed by atoms with Crippen molar-refractivity contribution in [1.82, 2.24) is 15.1 Å². The summed E-state index contributed by atoms with van der Waals surface area (Å²) in [6.07, 6.45) is 5.11. The van der Waals surface area contributed by atoms with Crippen molar-refractivity contribution in [3.05, 3.63) is 0 Å². The van der Waals surface area contributed by atoms with Gasteiger partial charge in [0.1, 0.15) is 6.10 Å². The zero-order valence-electron chi connectivity index (χ0n) is 13.6. The van der Waals surface area contributed by atoms with Crippen LogP contribution in [-0.2, 0) is 4.74 Å². The summed E-state index contributed by atoms with van der Waals surface area (Å²) >= 11 is 0. The number of ether oxygens (including phenoxy) is 1. The topological polar surface area (TPSA) is 44.8 Å². The van der Waals surface area contributed by atoms with Gasteiger partial charge in [0.15, 0.2) is 0 Å². The highest BCUT2D eigenvalue weighted by atomic mass is 16.6. The molecule has 122 valence electrons. The number of carbonyl (C=O) groups is 1. The second-order valence-corrected chi connectivity index (χ2v) is 6.21. The number of hydrogen-bond acceptors (Lipinski definition) is 4. The van der Waals surface area contributed by atoms with Crippen LogP contribution < -0.4 is 5.32 Å². The number of nitrogens with zero attached hydrogens (tertiary/aromatic N) is 2. The summed E-state index contributed by atoms with van der Waals surface area (Å²) in [5.74, 6) is 0. The fourth-order valence-electron chi connectivity index (χ4n) is 3.35. The van der Waals surface area contributed by atoms with Gasteiger partial charge in [0, 0.05) is 45.3 Å². The first kappa shape index (κ1) is 16.6. The predicted molar refractivity (Wildman–Crippen MR) is 84.5 cm³/mol. The Hall–Kier alpha value is -0.810. The average Bonchev–Trinajstić information content (AvgIpc) is 2.55. The van der Waals surface area contributed by atoms with E-state index >= 15 is 0 Å². The third-order valence-corrected chi connectivity index (χ3v) is 4.72. The van der Waals surface area contributed by atoms with Gasteiger partial charge in [-0.15, -0.1) is 0 Å². The van der Waals surface area contributed by atoms with E-state index in [1.165, 1.54) is 0 Å². The van der Waals surface area contributed by atoms with Gasteiger partial charge in [-0.2, -0.15) is 0 Å². The maximum Gasteiger partial charge on any atom is 0.410 e. The number of hydrogen-bond donors (Lipinski definition) is 1. The molecule has 2 aliphatic heterocycles. The van der Waals surface area contributed by atoms with Gasteiger partial charge in [0.05, 0.1) is 0 Å². The zero-order chi connectivity index (χ0) is 15.1. The van der Waals surface area contributed by atoms with E-state index in [2.05, 4.69) is 24.1 Å². The van der Waals surface area contributed by atoms with Gasteiger partial charge in [-0.3, -0.25) is 4.90 Å². The monoisotopic (exact) mass is 297 g/mol. The van der Waals surface area contributed by atoms with Crippen LogP contribution in [0.4, 0.5) is 4.79 Å². The van der Waals surface area contributed by atoms with Crippen LogP contribution in [-0.4, -0.2) is 67.3 Å². The molecule has 2 saturated heterocycles. The number of piperidine rings is 1. The molecule has 2 rings (SSSR count). The second-order valence-electron chi connectivity index (χ2n) is 6.21. The molecule has 0 radical (unpaired) electrons. The molecule has 0 saturated carbocycles. The standard InChI is InChI=1S/C16H31N3O2/c1-3-5-15(4-2)21-16(20)19-10-6-14(7-11-19)18-12-8-17-9-13-18/h14-15,17H,3-13H2,1-2H3/t15-/m0/s1. The van der Waals surface area contributed by atoms with Gasteiger partial charge in [-0.25, -0.2) is 4.79 Å². The quantitative estimate of drug-likeness (QED) is 0.844. The van der Waals surface area contributed by atoms with Gasteiger partial charge in [-0.1, -0.05) is 20.3 Å². The highest BCUT2D eigenvalue weighted by Crippen LogP contribution is 2.18. The Bertz CT molecular complexity index is 311. The van der Waals surface area contributed by atoms with E-state index in [-0.39, 0.29) is 12.2 Å². The van der Waals surface area contributed by atoms with E-state index in [1.807, 2.05) is 4.90 Å². The molecule has 0 aromatic heterocycles. The number of carbonyl (C=O) groups excluding carboxylic acids is 1. The molecule has 0 spiro atoms. The molecule has 21 heavy (non-hydrogen) atoms. The first-order chi connectivity index (χ1) is 10.2. The SMILES string of the molecule is CCC[C@H](CC)OC(=O)N1CCC(N2CCNCC2)CC1. The maximum absolute atomic E-state index is 12.2. The minimum absolute atomic E-state index is 0.0911. The van der Waals surface area contributed by atoms with E-state index in [0.717, 1.165) is 71.4 Å². The lowest BCUT2D eigenvalue weighted by Crippen LogP contribution is -2.52. The van der Waals surface area contributed by atoms with Crippen molar-refractivity contribution >= 4 is 6.09 Å². The molecule has 0 aliphatic carbocycles. The zero-order valence-corrected chi connectivity index (χ0v) is 13.6. The third kappa shape index (κ3) is 4.85. The van der Waals surface area contributed by atoms with Crippen LogP contribution in [0.3, 0.4) is 0 Å². The Morgan fingerprint density at radius 1 is 1.19 bits per heavy atom. The van der Waals surface area contributed by atoms with Gasteiger partial charge >= 0.3 is 6.09 Å². The fraction of sp³-hybridized carbons (Fsp3) is 0.938. The highest BCUT2D eigenvalue weighted by Gasteiger charge is 2.28. The smallest absolute Gasteiger partial charge is 0.410 e. The van der Waals surface area contributed by atoms with Crippen LogP contribution in [0.2, 0.25) is 0 Å². The molecule has 1 amide bonds. The number of piperazine rings is 1. The molecular weight excluding hydrogens is 266 g/mol. The lowest BCUT2D eigenvalue weighted by molar-refractivity contribution is 0.0390. The molecule has 5 heteroatoms. The first-order valence-electron chi connectivity index (χ1n) is 8.64. The van der Waals surface area contributed by atoms with E-state index in [9.17, 15) is 4.79 Å². The molecule has 0 unspecified atom stereocenters. The average molecular weight is 297 g/mol. The van der Waals surface area contributed by atoms with Crippen molar-refractivity contribution in [3.63, 3.8) is 0 Å². The van der Waals surface area contributed by atoms with Crippen LogP contribution in [0.15, 0.2) is 0 Å². The Balaban J connectivity index is 1.73. The number of nitrogens with one attached hydrogen (secondary N) is 1. The van der Waals surface area contributed by atoms with Gasteiger partial charge in [0.2, 0.25) is 0 Å². The summed E-state index contributed by atoms with van der Waals surface area (Å²) in [6.45, 7) is 10.4. The minimum atomic E-state index is -0.103. The van der Waals surface area contributed by atoms with Gasteiger partial charge in [-0.05, 0) is 25.7 Å². The predicted octanol–water partition coefficient (Wildman–Crippen LogP) is 2.07. The van der Waals surface area contributed by atoms with Crippen LogP contribution in [0, 0.1) is 0 Å². The van der Waals surface area contributed by atoms with E-state index < -0.39 is 0 Å². The highest BCUT2D eigenvalue weighted by molar-refractivity contribution is 5.67. The molecule has 0 aromatic rings. The molecule has 5 nitrogen and oxygen atoms in total. The molecule has 2 heterocycles. The molecule has 1 N–H and O–H groups in total. The Labute approximate surface area is 129 Å². The molecule has 0 aromatic carbocycles. The lowest BCUT2D eigenvalue weighted by atomic mass is 10.0. The summed E-state index contributed by atoms with van der Waals surface area (Å²) in [6, 6.07) is 0.647. The van der Waals surface area contributed by atoms with Crippen molar-refractivity contribution in [2.24, 2.45) is 0 Å². The minimum Gasteiger partial charge on any atom is -0.446 e. The van der Waals surface area contributed by atoms with Crippen LogP contribution >= 0.6 is 0 Å². The van der Waals surface area contributed by atoms with E-state index in [4.69, 9.17) is 4.74 Å². The van der Waals surface area contributed by atoms with Crippen molar-refractivity contribution in [2.75, 3.05) is 39.3 Å². The molecular formula is C16H31N3O2. The Morgan fingerprint density at radius 2 is 1.86 bits per heavy atom. The van der Waals surface area contributed by atoms with Crippen molar-refractivity contribution in [3.8, 4) is 0 Å². The van der Waals surface area contributed by atoms with Crippen LogP contribution in [0.1, 0.15) is 46.0 Å². The Kier molecular flexibility index (Phi) is 6.77. The summed E-state index contributed by atoms with van der Waals surface area (Å²) in [5.41, 5.74) is 0. The van der Waals surface area contributed by atoms with Crippen molar-refractivity contribution < 1.29 is 9.53 Å². The van der Waals surface area contributed by atoms with Crippen molar-refractivity contribution in [1.29, 1.82) is 0 Å². The third-order valence-electron chi connectivity index (χ3n) is 4.72. The second kappa shape index (κ2) is 8.59. The van der Waals surface area contributed by atoms with Gasteiger partial charge in [0.25, 0.3) is 0 Å². The summed E-state index contributed by atoms with van der Waals surface area (Å²) < 4.78 is 5.62. The molecule has 1 atom stereocenters. The summed E-state index contributed by atoms with van der Waals surface area (Å²) in [7, 11) is 0. The van der Waals surface area contributed by atoms with E-state index in [1.54, 1.807) is 0 Å².